The van der Waals surface area contributed by atoms with E-state index >= 15 is 0 Å². The second kappa shape index (κ2) is 17.3. The zero-order valence-electron chi connectivity index (χ0n) is 23.4. The Balaban J connectivity index is 2.53. The Kier molecular flexibility index (Phi) is 15.4. The van der Waals surface area contributed by atoms with Gasteiger partial charge >= 0.3 is 19.5 Å². The van der Waals surface area contributed by atoms with Crippen molar-refractivity contribution in [2.45, 2.75) is 86.0 Å². The van der Waals surface area contributed by atoms with Gasteiger partial charge in [0.1, 0.15) is 0 Å². The van der Waals surface area contributed by atoms with Crippen molar-refractivity contribution in [2.75, 3.05) is 26.4 Å². The lowest BCUT2D eigenvalue weighted by Gasteiger charge is -2.23. The topological polar surface area (TPSA) is 88.1 Å². The first-order valence-electron chi connectivity index (χ1n) is 13.1. The molecule has 0 aliphatic rings. The highest BCUT2D eigenvalue weighted by molar-refractivity contribution is 7.62. The van der Waals surface area contributed by atoms with Crippen LogP contribution in [0.1, 0.15) is 81.9 Å². The number of carbonyl (C=O) groups is 2. The van der Waals surface area contributed by atoms with Crippen LogP contribution in [0.5, 0.6) is 0 Å². The van der Waals surface area contributed by atoms with E-state index in [1.54, 1.807) is 13.8 Å². The molecule has 0 saturated heterocycles. The Morgan fingerprint density at radius 1 is 0.676 bits per heavy atom. The summed E-state index contributed by atoms with van der Waals surface area (Å²) < 4.78 is 36.1. The van der Waals surface area contributed by atoms with Crippen LogP contribution in [-0.2, 0) is 32.7 Å². The third kappa shape index (κ3) is 12.7. The smallest absolute Gasteiger partial charge is 0.361 e. The van der Waals surface area contributed by atoms with Gasteiger partial charge in [0.25, 0.3) is 0 Å². The first kappa shape index (κ1) is 32.8. The molecule has 37 heavy (non-hydrogen) atoms. The molecule has 0 fully saturated rings. The summed E-state index contributed by atoms with van der Waals surface area (Å²) in [5.74, 6) is -0.729. The van der Waals surface area contributed by atoms with Crippen LogP contribution in [0.3, 0.4) is 0 Å². The van der Waals surface area contributed by atoms with Crippen LogP contribution in [0.2, 0.25) is 0 Å². The van der Waals surface area contributed by atoms with Gasteiger partial charge in [-0.15, -0.1) is 0 Å². The molecular formula is C29H45O7P. The number of hydrogen-bond donors (Lipinski definition) is 0. The lowest BCUT2D eigenvalue weighted by atomic mass is 10.1. The Labute approximate surface area is 223 Å². The van der Waals surface area contributed by atoms with Crippen LogP contribution in [0.25, 0.3) is 0 Å². The summed E-state index contributed by atoms with van der Waals surface area (Å²) in [7, 11) is -3.50. The average Bonchev–Trinajstić information content (AvgIpc) is 2.81. The molecular weight excluding hydrogens is 491 g/mol. The van der Waals surface area contributed by atoms with Crippen LogP contribution in [-0.4, -0.2) is 38.4 Å². The Morgan fingerprint density at radius 2 is 1.03 bits per heavy atom. The number of ether oxygens (including phenoxy) is 2. The molecule has 0 aromatic heterocycles. The predicted molar refractivity (Wildman–Crippen MR) is 148 cm³/mol. The number of aryl methyl sites for hydroxylation is 3. The minimum Gasteiger partial charge on any atom is -0.462 e. The molecule has 0 atom stereocenters. The standard InChI is InChI=1S/C29H45O7P/c1-22(2)28(30)33-16-12-8-10-14-18-35-37(32,27-25(6)20-24(5)21-26(27)7)36-19-15-11-9-13-17-34-29(31)23(3)4/h20-21H,1,3,8-19H2,2,4-7H3. The van der Waals surface area contributed by atoms with Crippen LogP contribution < -0.4 is 5.30 Å². The molecule has 0 N–H and O–H groups in total. The van der Waals surface area contributed by atoms with Gasteiger partial charge in [-0.1, -0.05) is 43.7 Å². The van der Waals surface area contributed by atoms with Crippen molar-refractivity contribution in [1.82, 2.24) is 0 Å². The normalized spacial score (nSPS) is 11.3. The molecule has 0 aliphatic heterocycles. The second-order valence-electron chi connectivity index (χ2n) is 9.57. The maximum Gasteiger partial charge on any atom is 0.361 e. The Bertz CT molecular complexity index is 898. The van der Waals surface area contributed by atoms with E-state index < -0.39 is 7.60 Å². The molecule has 0 amide bonds. The van der Waals surface area contributed by atoms with Gasteiger partial charge in [-0.25, -0.2) is 9.59 Å². The first-order valence-corrected chi connectivity index (χ1v) is 14.6. The number of rotatable bonds is 19. The van der Waals surface area contributed by atoms with Gasteiger partial charge in [0, 0.05) is 11.1 Å². The van der Waals surface area contributed by atoms with E-state index in [0.717, 1.165) is 68.1 Å². The molecule has 1 aromatic carbocycles. The van der Waals surface area contributed by atoms with E-state index in [-0.39, 0.29) is 11.9 Å². The van der Waals surface area contributed by atoms with Crippen molar-refractivity contribution in [3.05, 3.63) is 53.1 Å². The lowest BCUT2D eigenvalue weighted by Crippen LogP contribution is -2.18. The molecule has 0 bridgehead atoms. The van der Waals surface area contributed by atoms with E-state index in [1.165, 1.54) is 0 Å². The van der Waals surface area contributed by atoms with Crippen molar-refractivity contribution in [1.29, 1.82) is 0 Å². The molecule has 7 nitrogen and oxygen atoms in total. The van der Waals surface area contributed by atoms with E-state index in [0.29, 0.717) is 42.9 Å². The zero-order valence-corrected chi connectivity index (χ0v) is 24.3. The second-order valence-corrected chi connectivity index (χ2v) is 11.5. The summed E-state index contributed by atoms with van der Waals surface area (Å²) in [5, 5.41) is 0.650. The molecule has 0 unspecified atom stereocenters. The van der Waals surface area contributed by atoms with Crippen LogP contribution in [0, 0.1) is 20.8 Å². The number of unbranched alkanes of at least 4 members (excludes halogenated alkanes) is 6. The van der Waals surface area contributed by atoms with Crippen molar-refractivity contribution in [3.8, 4) is 0 Å². The lowest BCUT2D eigenvalue weighted by molar-refractivity contribution is -0.139. The maximum atomic E-state index is 13.9. The summed E-state index contributed by atoms with van der Waals surface area (Å²) in [6.45, 7) is 17.7. The van der Waals surface area contributed by atoms with Gasteiger partial charge in [0.05, 0.1) is 31.7 Å². The predicted octanol–water partition coefficient (Wildman–Crippen LogP) is 6.82. The summed E-state index contributed by atoms with van der Waals surface area (Å²) in [5.41, 5.74) is 3.70. The fourth-order valence-electron chi connectivity index (χ4n) is 3.83. The molecule has 8 heteroatoms. The van der Waals surface area contributed by atoms with E-state index in [4.69, 9.17) is 18.5 Å². The van der Waals surface area contributed by atoms with Crippen molar-refractivity contribution < 1.29 is 32.7 Å². The highest BCUT2D eigenvalue weighted by Gasteiger charge is 2.31. The Morgan fingerprint density at radius 3 is 1.38 bits per heavy atom. The fourth-order valence-corrected chi connectivity index (χ4v) is 5.90. The number of benzene rings is 1. The van der Waals surface area contributed by atoms with Gasteiger partial charge in [-0.05, 0) is 84.3 Å². The molecule has 0 saturated carbocycles. The van der Waals surface area contributed by atoms with Gasteiger partial charge in [0.15, 0.2) is 0 Å². The fraction of sp³-hybridized carbons (Fsp3) is 0.586. The molecule has 1 rings (SSSR count). The average molecular weight is 537 g/mol. The van der Waals surface area contributed by atoms with Gasteiger partial charge in [-0.3, -0.25) is 4.57 Å². The number of carbonyl (C=O) groups excluding carboxylic acids is 2. The molecule has 0 spiro atoms. The molecule has 1 aromatic rings. The van der Waals surface area contributed by atoms with E-state index in [2.05, 4.69) is 13.2 Å². The van der Waals surface area contributed by atoms with E-state index in [1.807, 2.05) is 32.9 Å². The number of hydrogen-bond acceptors (Lipinski definition) is 7. The highest BCUT2D eigenvalue weighted by Crippen LogP contribution is 2.49. The van der Waals surface area contributed by atoms with Gasteiger partial charge in [-0.2, -0.15) is 0 Å². The SMILES string of the molecule is C=C(C)C(=O)OCCCCCCOP(=O)(OCCCCCCOC(=O)C(=C)C)c1c(C)cc(C)cc1C. The summed E-state index contributed by atoms with van der Waals surface area (Å²) in [6, 6.07) is 4.00. The first-order chi connectivity index (χ1) is 17.5. The highest BCUT2D eigenvalue weighted by atomic mass is 31.2. The minimum atomic E-state index is -3.50. The Hall–Kier alpha value is -2.21. The maximum absolute atomic E-state index is 13.9. The van der Waals surface area contributed by atoms with Crippen LogP contribution in [0.15, 0.2) is 36.4 Å². The zero-order chi connectivity index (χ0) is 27.8. The number of esters is 2. The summed E-state index contributed by atoms with van der Waals surface area (Å²) in [6.07, 6.45) is 6.47. The van der Waals surface area contributed by atoms with E-state index in [9.17, 15) is 14.2 Å². The monoisotopic (exact) mass is 536 g/mol. The van der Waals surface area contributed by atoms with Crippen LogP contribution >= 0.6 is 7.60 Å². The van der Waals surface area contributed by atoms with Crippen molar-refractivity contribution in [3.63, 3.8) is 0 Å². The summed E-state index contributed by atoms with van der Waals surface area (Å²) in [4.78, 5) is 22.8. The van der Waals surface area contributed by atoms with Gasteiger partial charge < -0.3 is 18.5 Å². The van der Waals surface area contributed by atoms with Crippen LogP contribution in [0.4, 0.5) is 0 Å². The molecule has 0 radical (unpaired) electrons. The molecule has 208 valence electrons. The van der Waals surface area contributed by atoms with Crippen molar-refractivity contribution in [2.24, 2.45) is 0 Å². The molecule has 0 aliphatic carbocycles. The third-order valence-electron chi connectivity index (χ3n) is 5.67. The quantitative estimate of drug-likeness (QED) is 0.0829. The van der Waals surface area contributed by atoms with Gasteiger partial charge in [0.2, 0.25) is 0 Å². The summed E-state index contributed by atoms with van der Waals surface area (Å²) >= 11 is 0. The third-order valence-corrected chi connectivity index (χ3v) is 7.97. The largest absolute Gasteiger partial charge is 0.462 e. The van der Waals surface area contributed by atoms with Crippen molar-refractivity contribution >= 4 is 24.8 Å². The minimum absolute atomic E-state index is 0.323. The molecule has 0 heterocycles.